The number of ether oxygens (including phenoxy) is 2. The lowest BCUT2D eigenvalue weighted by Gasteiger charge is -2.36. The summed E-state index contributed by atoms with van der Waals surface area (Å²) >= 11 is 0. The fraction of sp³-hybridized carbons (Fsp3) is 0.524. The van der Waals surface area contributed by atoms with Gasteiger partial charge in [0.2, 0.25) is 0 Å². The van der Waals surface area contributed by atoms with Crippen LogP contribution >= 0.6 is 0 Å². The van der Waals surface area contributed by atoms with Gasteiger partial charge in [0.25, 0.3) is 0 Å². The second-order valence-electron chi connectivity index (χ2n) is 8.00. The molecule has 4 rings (SSSR count). The molecule has 1 aromatic carbocycles. The third kappa shape index (κ3) is 2.67. The molecule has 4 unspecified atom stereocenters. The van der Waals surface area contributed by atoms with Crippen molar-refractivity contribution in [3.8, 4) is 23.8 Å². The molecule has 0 saturated heterocycles. The van der Waals surface area contributed by atoms with Gasteiger partial charge in [-0.3, -0.25) is 0 Å². The number of rotatable bonds is 2. The van der Waals surface area contributed by atoms with Gasteiger partial charge in [-0.05, 0) is 24.5 Å². The Labute approximate surface area is 166 Å². The summed E-state index contributed by atoms with van der Waals surface area (Å²) in [6, 6.07) is 2.07. The maximum absolute atomic E-state index is 10.1. The number of halogens is 1. The molecule has 140 valence electrons. The summed E-state index contributed by atoms with van der Waals surface area (Å²) in [4.78, 5) is 0. The highest BCUT2D eigenvalue weighted by molar-refractivity contribution is 5.63. The molecule has 0 bridgehead atoms. The van der Waals surface area contributed by atoms with Crippen LogP contribution in [0.25, 0.3) is 0 Å². The van der Waals surface area contributed by atoms with Crippen LogP contribution in [0.2, 0.25) is 0 Å². The molecule has 2 aliphatic heterocycles. The molecule has 1 aliphatic carbocycles. The van der Waals surface area contributed by atoms with E-state index in [9.17, 15) is 5.11 Å². The van der Waals surface area contributed by atoms with Crippen molar-refractivity contribution in [1.29, 1.82) is 0 Å². The minimum Gasteiger partial charge on any atom is -1.00 e. The Morgan fingerprint density at radius 3 is 2.96 bits per heavy atom. The summed E-state index contributed by atoms with van der Waals surface area (Å²) in [7, 11) is 3.93. The summed E-state index contributed by atoms with van der Waals surface area (Å²) in [5.74, 6) is 4.52. The largest absolute Gasteiger partial charge is 1.00 e. The Morgan fingerprint density at radius 1 is 1.50 bits per heavy atom. The first-order valence-electron chi connectivity index (χ1n) is 8.94. The van der Waals surface area contributed by atoms with Crippen molar-refractivity contribution in [3.05, 3.63) is 34.9 Å². The van der Waals surface area contributed by atoms with Crippen LogP contribution in [0.5, 0.6) is 11.5 Å². The normalized spacial score (nSPS) is 33.8. The molecule has 0 amide bonds. The number of benzene rings is 1. The van der Waals surface area contributed by atoms with Crippen molar-refractivity contribution in [3.63, 3.8) is 0 Å². The molecule has 1 N–H and O–H groups in total. The first-order chi connectivity index (χ1) is 11.9. The molecule has 0 aromatic heterocycles. The predicted molar refractivity (Wildman–Crippen MR) is 96.7 cm³/mol. The summed E-state index contributed by atoms with van der Waals surface area (Å²) in [6.07, 6.45) is 10.9. The number of aliphatic hydroxyl groups excluding tert-OH is 1. The molecule has 4 nitrogen and oxygen atoms in total. The Hall–Kier alpha value is -1.48. The van der Waals surface area contributed by atoms with Gasteiger partial charge in [-0.1, -0.05) is 12.2 Å². The standard InChI is InChI=1S/C21H26NO3.BrH/c1-5-9-22(3)10-8-21-7-6-15(23)12-18(21)25-20-17(24-4)11-14(2)16(13-22)19(20)21;/h1,6-7,11,15,18,23H,8-10,12-13H2,2-4H3;1H/q+1;/p-1. The van der Waals surface area contributed by atoms with Crippen molar-refractivity contribution >= 4 is 0 Å². The Balaban J connectivity index is 0.00000196. The van der Waals surface area contributed by atoms with Crippen LogP contribution in [-0.2, 0) is 12.0 Å². The predicted octanol–water partition coefficient (Wildman–Crippen LogP) is -0.689. The Kier molecular flexibility index (Phi) is 4.89. The minimum atomic E-state index is -0.449. The van der Waals surface area contributed by atoms with E-state index >= 15 is 0 Å². The Bertz CT molecular complexity index is 799. The zero-order chi connectivity index (χ0) is 17.8. The smallest absolute Gasteiger partial charge is 0.166 e. The van der Waals surface area contributed by atoms with Gasteiger partial charge >= 0.3 is 0 Å². The molecule has 2 heterocycles. The molecule has 5 heteroatoms. The van der Waals surface area contributed by atoms with Crippen LogP contribution in [0.15, 0.2) is 18.2 Å². The third-order valence-corrected chi connectivity index (χ3v) is 6.25. The van der Waals surface area contributed by atoms with Crippen molar-refractivity contribution in [2.45, 2.75) is 43.9 Å². The van der Waals surface area contributed by atoms with Crippen molar-refractivity contribution in [2.75, 3.05) is 27.2 Å². The lowest BCUT2D eigenvalue weighted by Crippen LogP contribution is -3.00. The van der Waals surface area contributed by atoms with E-state index in [0.29, 0.717) is 13.0 Å². The van der Waals surface area contributed by atoms with Crippen LogP contribution < -0.4 is 26.5 Å². The zero-order valence-electron chi connectivity index (χ0n) is 15.6. The first kappa shape index (κ1) is 19.3. The average molecular weight is 420 g/mol. The molecule has 1 spiro atoms. The molecule has 4 atom stereocenters. The Morgan fingerprint density at radius 2 is 2.27 bits per heavy atom. The van der Waals surface area contributed by atoms with Gasteiger partial charge in [0, 0.05) is 24.0 Å². The highest BCUT2D eigenvalue weighted by Gasteiger charge is 2.55. The summed E-state index contributed by atoms with van der Waals surface area (Å²) in [6.45, 7) is 4.75. The zero-order valence-corrected chi connectivity index (χ0v) is 17.2. The van der Waals surface area contributed by atoms with Gasteiger partial charge < -0.3 is 36.0 Å². The van der Waals surface area contributed by atoms with Crippen LogP contribution in [0.4, 0.5) is 0 Å². The van der Waals surface area contributed by atoms with E-state index < -0.39 is 6.10 Å². The minimum absolute atomic E-state index is 0. The van der Waals surface area contributed by atoms with Crippen LogP contribution in [0.1, 0.15) is 29.5 Å². The number of terminal acetylenes is 1. The summed E-state index contributed by atoms with van der Waals surface area (Å²) in [5, 5.41) is 10.1. The number of hydrogen-bond donors (Lipinski definition) is 1. The third-order valence-electron chi connectivity index (χ3n) is 6.25. The summed E-state index contributed by atoms with van der Waals surface area (Å²) < 4.78 is 12.8. The van der Waals surface area contributed by atoms with Crippen LogP contribution in [0.3, 0.4) is 0 Å². The fourth-order valence-electron chi connectivity index (χ4n) is 4.85. The quantitative estimate of drug-likeness (QED) is 0.391. The number of hydrogen-bond acceptors (Lipinski definition) is 3. The lowest BCUT2D eigenvalue weighted by atomic mass is 9.68. The average Bonchev–Trinajstić information content (AvgIpc) is 2.83. The van der Waals surface area contributed by atoms with E-state index in [2.05, 4.69) is 32.0 Å². The number of aliphatic hydroxyl groups is 1. The van der Waals surface area contributed by atoms with Gasteiger partial charge in [0.15, 0.2) is 11.5 Å². The van der Waals surface area contributed by atoms with E-state index in [1.165, 1.54) is 16.7 Å². The monoisotopic (exact) mass is 419 g/mol. The van der Waals surface area contributed by atoms with Crippen molar-refractivity contribution < 1.29 is 36.0 Å². The topological polar surface area (TPSA) is 38.7 Å². The number of nitrogens with zero attached hydrogens (tertiary/aromatic N) is 1. The van der Waals surface area contributed by atoms with Crippen molar-refractivity contribution in [1.82, 2.24) is 0 Å². The molecule has 0 saturated carbocycles. The summed E-state index contributed by atoms with van der Waals surface area (Å²) in [5.41, 5.74) is 3.63. The lowest BCUT2D eigenvalue weighted by molar-refractivity contribution is -0.915. The molecular weight excluding hydrogens is 394 g/mol. The number of methoxy groups -OCH3 is 1. The van der Waals surface area contributed by atoms with E-state index in [1.807, 2.05) is 6.08 Å². The van der Waals surface area contributed by atoms with E-state index in [1.54, 1.807) is 7.11 Å². The molecule has 26 heavy (non-hydrogen) atoms. The van der Waals surface area contributed by atoms with E-state index in [-0.39, 0.29) is 28.5 Å². The number of aryl methyl sites for hydroxylation is 1. The second-order valence-corrected chi connectivity index (χ2v) is 8.00. The molecular formula is C21H26BrNO3. The second kappa shape index (κ2) is 6.60. The molecule has 3 aliphatic rings. The van der Waals surface area contributed by atoms with Gasteiger partial charge in [-0.25, -0.2) is 0 Å². The van der Waals surface area contributed by atoms with Crippen molar-refractivity contribution in [2.24, 2.45) is 0 Å². The SMILES string of the molecule is C#CC[N+]1(C)CCC23C=CC(O)CC2Oc2c(OC)cc(C)c(c23)C1.[Br-]. The molecule has 0 radical (unpaired) electrons. The van der Waals surface area contributed by atoms with Gasteiger partial charge in [0.1, 0.15) is 19.2 Å². The highest BCUT2D eigenvalue weighted by atomic mass is 79.9. The maximum atomic E-state index is 10.1. The maximum Gasteiger partial charge on any atom is 0.166 e. The molecule has 1 aromatic rings. The van der Waals surface area contributed by atoms with Gasteiger partial charge in [-0.15, -0.1) is 6.42 Å². The van der Waals surface area contributed by atoms with Gasteiger partial charge in [-0.2, -0.15) is 0 Å². The van der Waals surface area contributed by atoms with E-state index in [0.717, 1.165) is 35.5 Å². The molecule has 0 fully saturated rings. The highest BCUT2D eigenvalue weighted by Crippen LogP contribution is 2.56. The first-order valence-corrected chi connectivity index (χ1v) is 8.94. The van der Waals surface area contributed by atoms with E-state index in [4.69, 9.17) is 15.9 Å². The van der Waals surface area contributed by atoms with Gasteiger partial charge in [0.05, 0.1) is 32.2 Å². The van der Waals surface area contributed by atoms with Crippen LogP contribution in [-0.4, -0.2) is 49.0 Å². The number of quaternary nitrogens is 1. The van der Waals surface area contributed by atoms with Crippen LogP contribution in [0, 0.1) is 19.3 Å². The fourth-order valence-corrected chi connectivity index (χ4v) is 4.85.